The summed E-state index contributed by atoms with van der Waals surface area (Å²) < 4.78 is 1.98. The topological polar surface area (TPSA) is 95.9 Å². The molecule has 2 N–H and O–H groups in total. The third-order valence-electron chi connectivity index (χ3n) is 6.76. The van der Waals surface area contributed by atoms with Gasteiger partial charge in [0.05, 0.1) is 17.6 Å². The normalized spacial score (nSPS) is 16.9. The fourth-order valence-corrected chi connectivity index (χ4v) is 4.87. The van der Waals surface area contributed by atoms with Gasteiger partial charge in [0.25, 0.3) is 5.91 Å². The molecule has 1 fully saturated rings. The average Bonchev–Trinajstić information content (AvgIpc) is 3.50. The molecule has 3 heterocycles. The lowest BCUT2D eigenvalue weighted by Gasteiger charge is -2.27. The number of rotatable bonds is 3. The number of hydrogen-bond acceptors (Lipinski definition) is 4. The molecule has 1 spiro atoms. The van der Waals surface area contributed by atoms with Gasteiger partial charge in [-0.2, -0.15) is 5.10 Å². The van der Waals surface area contributed by atoms with Crippen molar-refractivity contribution in [2.45, 2.75) is 31.8 Å². The van der Waals surface area contributed by atoms with E-state index in [1.54, 1.807) is 7.05 Å². The number of carbonyl (C=O) groups excluding carboxylic acids is 2. The Hall–Kier alpha value is -3.94. The van der Waals surface area contributed by atoms with Crippen molar-refractivity contribution in [3.05, 3.63) is 70.9 Å². The maximum absolute atomic E-state index is 12.5. The lowest BCUT2D eigenvalue weighted by Crippen LogP contribution is -2.48. The lowest BCUT2D eigenvalue weighted by atomic mass is 9.95. The van der Waals surface area contributed by atoms with Crippen LogP contribution in [-0.4, -0.2) is 49.2 Å². The van der Waals surface area contributed by atoms with E-state index in [4.69, 9.17) is 10.1 Å². The molecule has 6 rings (SSSR count). The summed E-state index contributed by atoms with van der Waals surface area (Å²) in [6.07, 6.45) is 1.00. The summed E-state index contributed by atoms with van der Waals surface area (Å²) in [5, 5.41) is 7.20. The second-order valence-corrected chi connectivity index (χ2v) is 8.74. The fraction of sp³-hybridized carbons (Fsp3) is 0.250. The monoisotopic (exact) mass is 426 g/mol. The van der Waals surface area contributed by atoms with Crippen molar-refractivity contribution < 1.29 is 9.59 Å². The summed E-state index contributed by atoms with van der Waals surface area (Å²) in [5.41, 5.74) is 6.08. The van der Waals surface area contributed by atoms with Gasteiger partial charge in [0.1, 0.15) is 11.2 Å². The van der Waals surface area contributed by atoms with E-state index < -0.39 is 5.54 Å². The van der Waals surface area contributed by atoms with Gasteiger partial charge in [-0.15, -0.1) is 0 Å². The summed E-state index contributed by atoms with van der Waals surface area (Å²) in [6, 6.07) is 16.0. The smallest absolute Gasteiger partial charge is 0.324 e. The van der Waals surface area contributed by atoms with E-state index in [-0.39, 0.29) is 11.9 Å². The average molecular weight is 426 g/mol. The van der Waals surface area contributed by atoms with Gasteiger partial charge in [0.2, 0.25) is 0 Å². The Labute approximate surface area is 184 Å². The molecule has 1 aliphatic carbocycles. The molecule has 8 heteroatoms. The van der Waals surface area contributed by atoms with Crippen LogP contribution in [0.25, 0.3) is 22.6 Å². The summed E-state index contributed by atoms with van der Waals surface area (Å²) in [5.74, 6) is 0.497. The zero-order chi connectivity index (χ0) is 22.0. The van der Waals surface area contributed by atoms with Crippen LogP contribution >= 0.6 is 0 Å². The molecule has 8 nitrogen and oxygen atoms in total. The van der Waals surface area contributed by atoms with Crippen LogP contribution in [0.5, 0.6) is 0 Å². The Kier molecular flexibility index (Phi) is 3.83. The van der Waals surface area contributed by atoms with E-state index in [0.29, 0.717) is 19.4 Å². The molecule has 3 amide bonds. The summed E-state index contributed by atoms with van der Waals surface area (Å²) >= 11 is 0. The molecule has 0 saturated carbocycles. The minimum absolute atomic E-state index is 0.224. The number of amides is 3. The predicted molar refractivity (Wildman–Crippen MR) is 119 cm³/mol. The number of aromatic amines is 1. The maximum atomic E-state index is 12.5. The molecule has 0 bridgehead atoms. The highest BCUT2D eigenvalue weighted by Gasteiger charge is 2.54. The summed E-state index contributed by atoms with van der Waals surface area (Å²) in [4.78, 5) is 34.2. The Morgan fingerprint density at radius 2 is 1.81 bits per heavy atom. The van der Waals surface area contributed by atoms with Crippen LogP contribution in [0, 0.1) is 6.92 Å². The van der Waals surface area contributed by atoms with Crippen LogP contribution in [-0.2, 0) is 24.2 Å². The molecular formula is C24H22N6O2. The molecule has 4 aromatic rings. The molecule has 2 aliphatic rings. The summed E-state index contributed by atoms with van der Waals surface area (Å²) in [7, 11) is 1.68. The molecule has 32 heavy (non-hydrogen) atoms. The molecule has 1 unspecified atom stereocenters. The second-order valence-electron chi connectivity index (χ2n) is 8.74. The van der Waals surface area contributed by atoms with Gasteiger partial charge in [0.15, 0.2) is 5.82 Å². The minimum Gasteiger partial charge on any atom is -0.337 e. The number of likely N-dealkylation sites (N-methyl/N-ethyl adjacent to an activating group) is 1. The van der Waals surface area contributed by atoms with Gasteiger partial charge in [-0.3, -0.25) is 14.8 Å². The van der Waals surface area contributed by atoms with Crippen LogP contribution in [0.15, 0.2) is 48.5 Å². The first-order valence-electron chi connectivity index (χ1n) is 10.6. The number of aryl methyl sites for hydroxylation is 1. The zero-order valence-corrected chi connectivity index (χ0v) is 17.8. The van der Waals surface area contributed by atoms with Crippen molar-refractivity contribution >= 4 is 23.0 Å². The number of urea groups is 1. The van der Waals surface area contributed by atoms with Crippen molar-refractivity contribution in [2.24, 2.45) is 0 Å². The van der Waals surface area contributed by atoms with Crippen molar-refractivity contribution in [1.29, 1.82) is 0 Å². The van der Waals surface area contributed by atoms with Gasteiger partial charge in [-0.1, -0.05) is 30.3 Å². The van der Waals surface area contributed by atoms with E-state index in [1.807, 2.05) is 48.0 Å². The fourth-order valence-electron chi connectivity index (χ4n) is 4.87. The van der Waals surface area contributed by atoms with E-state index >= 15 is 0 Å². The molecule has 0 radical (unpaired) electrons. The third kappa shape index (κ3) is 2.69. The van der Waals surface area contributed by atoms with Crippen LogP contribution < -0.4 is 5.32 Å². The number of fused-ring (bicyclic) bond motifs is 2. The minimum atomic E-state index is -0.825. The number of nitrogens with one attached hydrogen (secondary N) is 2. The van der Waals surface area contributed by atoms with Crippen LogP contribution in [0.4, 0.5) is 4.79 Å². The van der Waals surface area contributed by atoms with E-state index in [0.717, 1.165) is 39.4 Å². The lowest BCUT2D eigenvalue weighted by molar-refractivity contribution is -0.125. The van der Waals surface area contributed by atoms with Gasteiger partial charge >= 0.3 is 6.03 Å². The first kappa shape index (κ1) is 18.8. The number of imide groups is 1. The van der Waals surface area contributed by atoms with Crippen molar-refractivity contribution in [1.82, 2.24) is 30.0 Å². The van der Waals surface area contributed by atoms with Gasteiger partial charge in [-0.25, -0.2) is 9.78 Å². The molecular weight excluding hydrogens is 404 g/mol. The number of hydrogen-bond donors (Lipinski definition) is 2. The predicted octanol–water partition coefficient (Wildman–Crippen LogP) is 2.80. The first-order valence-corrected chi connectivity index (χ1v) is 10.6. The molecule has 160 valence electrons. The maximum Gasteiger partial charge on any atom is 0.324 e. The number of benzene rings is 2. The standard InChI is InChI=1S/C24H22N6O2/c1-14-8-20(28-30(14)13-15-6-4-3-5-7-15)21-25-18-9-16-11-24(12-17(16)10-19(18)26-21)22(31)27-23(32)29(24)2/h3-10H,11-13H2,1-2H3,(H,25,26)(H,27,31,32). The Bertz CT molecular complexity index is 1360. The number of nitrogens with zero attached hydrogens (tertiary/aromatic N) is 4. The van der Waals surface area contributed by atoms with E-state index in [1.165, 1.54) is 10.5 Å². The molecule has 1 saturated heterocycles. The molecule has 2 aromatic carbocycles. The highest BCUT2D eigenvalue weighted by atomic mass is 16.2. The van der Waals surface area contributed by atoms with Crippen LogP contribution in [0.1, 0.15) is 22.4 Å². The second kappa shape index (κ2) is 6.53. The Balaban J connectivity index is 1.32. The number of H-pyrrole nitrogens is 1. The van der Waals surface area contributed by atoms with Crippen LogP contribution in [0.3, 0.4) is 0 Å². The van der Waals surface area contributed by atoms with Crippen molar-refractivity contribution in [2.75, 3.05) is 7.05 Å². The third-order valence-corrected chi connectivity index (χ3v) is 6.76. The summed E-state index contributed by atoms with van der Waals surface area (Å²) in [6.45, 7) is 2.75. The van der Waals surface area contributed by atoms with Crippen molar-refractivity contribution in [3.63, 3.8) is 0 Å². The number of carbonyl (C=O) groups is 2. The molecule has 1 aliphatic heterocycles. The quantitative estimate of drug-likeness (QED) is 0.493. The first-order chi connectivity index (χ1) is 15.4. The molecule has 2 aromatic heterocycles. The largest absolute Gasteiger partial charge is 0.337 e. The van der Waals surface area contributed by atoms with Crippen molar-refractivity contribution in [3.8, 4) is 11.5 Å². The van der Waals surface area contributed by atoms with E-state index in [2.05, 4.69) is 22.4 Å². The Morgan fingerprint density at radius 3 is 2.53 bits per heavy atom. The molecule has 1 atom stereocenters. The number of imidazole rings is 1. The van der Waals surface area contributed by atoms with E-state index in [9.17, 15) is 9.59 Å². The SMILES string of the molecule is Cc1cc(-c2nc3cc4c(cc3[nH]2)CC2(C4)C(=O)NC(=O)N2C)nn1Cc1ccccc1. The number of aromatic nitrogens is 4. The van der Waals surface area contributed by atoms with Gasteiger partial charge in [-0.05, 0) is 41.8 Å². The Morgan fingerprint density at radius 1 is 1.06 bits per heavy atom. The highest BCUT2D eigenvalue weighted by Crippen LogP contribution is 2.38. The van der Waals surface area contributed by atoms with Gasteiger partial charge < -0.3 is 9.88 Å². The highest BCUT2D eigenvalue weighted by molar-refractivity contribution is 6.07. The zero-order valence-electron chi connectivity index (χ0n) is 17.8. The van der Waals surface area contributed by atoms with Gasteiger partial charge in [0, 0.05) is 25.6 Å². The van der Waals surface area contributed by atoms with Crippen LogP contribution in [0.2, 0.25) is 0 Å².